The highest BCUT2D eigenvalue weighted by molar-refractivity contribution is 8.00. The third-order valence-corrected chi connectivity index (χ3v) is 5.29. The first-order valence-electron chi connectivity index (χ1n) is 7.64. The van der Waals surface area contributed by atoms with Crippen LogP contribution in [0.2, 0.25) is 0 Å². The van der Waals surface area contributed by atoms with Crippen LogP contribution in [0.15, 0.2) is 47.4 Å². The zero-order chi connectivity index (χ0) is 15.8. The molecule has 2 heterocycles. The molecule has 0 aliphatic carbocycles. The topological polar surface area (TPSA) is 49.4 Å². The molecule has 2 aliphatic heterocycles. The Balaban J connectivity index is 1.54. The number of carbonyl (C=O) groups is 2. The van der Waals surface area contributed by atoms with Gasteiger partial charge in [-0.2, -0.15) is 0 Å². The molecule has 0 atom stereocenters. The second kappa shape index (κ2) is 5.74. The van der Waals surface area contributed by atoms with Crippen molar-refractivity contribution in [2.24, 2.45) is 0 Å². The number of benzene rings is 2. The van der Waals surface area contributed by atoms with Crippen LogP contribution >= 0.6 is 11.8 Å². The molecule has 2 aromatic rings. The van der Waals surface area contributed by atoms with Gasteiger partial charge in [-0.15, -0.1) is 11.8 Å². The van der Waals surface area contributed by atoms with Crippen molar-refractivity contribution in [2.45, 2.75) is 17.7 Å². The highest BCUT2D eigenvalue weighted by atomic mass is 32.2. The van der Waals surface area contributed by atoms with E-state index in [1.165, 1.54) is 17.3 Å². The summed E-state index contributed by atoms with van der Waals surface area (Å²) in [6.45, 7) is 0.746. The van der Waals surface area contributed by atoms with E-state index in [1.807, 2.05) is 41.3 Å². The van der Waals surface area contributed by atoms with E-state index in [4.69, 9.17) is 0 Å². The first-order chi connectivity index (χ1) is 11.2. The normalized spacial score (nSPS) is 15.8. The lowest BCUT2D eigenvalue weighted by atomic mass is 10.1. The maximum absolute atomic E-state index is 12.6. The number of anilines is 2. The van der Waals surface area contributed by atoms with Gasteiger partial charge in [0.1, 0.15) is 0 Å². The van der Waals surface area contributed by atoms with Crippen LogP contribution in [0.25, 0.3) is 0 Å². The molecule has 1 N–H and O–H groups in total. The third kappa shape index (κ3) is 2.72. The van der Waals surface area contributed by atoms with Gasteiger partial charge >= 0.3 is 0 Å². The maximum Gasteiger partial charge on any atom is 0.234 e. The Bertz CT molecular complexity index is 803. The molecule has 2 aromatic carbocycles. The molecular formula is C18H16N2O2S. The number of thioether (sulfide) groups is 1. The van der Waals surface area contributed by atoms with Crippen LogP contribution in [0.1, 0.15) is 11.1 Å². The maximum atomic E-state index is 12.6. The predicted octanol–water partition coefficient (Wildman–Crippen LogP) is 2.86. The van der Waals surface area contributed by atoms with Gasteiger partial charge < -0.3 is 10.2 Å². The zero-order valence-electron chi connectivity index (χ0n) is 12.5. The molecule has 23 heavy (non-hydrogen) atoms. The summed E-state index contributed by atoms with van der Waals surface area (Å²) < 4.78 is 0. The van der Waals surface area contributed by atoms with Crippen molar-refractivity contribution < 1.29 is 9.59 Å². The minimum Gasteiger partial charge on any atom is -0.324 e. The Kier molecular flexibility index (Phi) is 3.58. The van der Waals surface area contributed by atoms with E-state index in [9.17, 15) is 9.59 Å². The second-order valence-corrected chi connectivity index (χ2v) is 6.79. The minimum absolute atomic E-state index is 0.0134. The van der Waals surface area contributed by atoms with E-state index >= 15 is 0 Å². The Morgan fingerprint density at radius 2 is 2.09 bits per heavy atom. The smallest absolute Gasteiger partial charge is 0.234 e. The Morgan fingerprint density at radius 3 is 3.00 bits per heavy atom. The molecule has 0 aromatic heterocycles. The van der Waals surface area contributed by atoms with Gasteiger partial charge in [-0.3, -0.25) is 9.59 Å². The quantitative estimate of drug-likeness (QED) is 0.924. The summed E-state index contributed by atoms with van der Waals surface area (Å²) in [4.78, 5) is 27.1. The lowest BCUT2D eigenvalue weighted by molar-refractivity contribution is -0.118. The van der Waals surface area contributed by atoms with E-state index in [-0.39, 0.29) is 11.8 Å². The molecule has 4 nitrogen and oxygen atoms in total. The molecule has 4 rings (SSSR count). The van der Waals surface area contributed by atoms with Crippen LogP contribution in [0.4, 0.5) is 11.4 Å². The Hall–Kier alpha value is -2.27. The van der Waals surface area contributed by atoms with Crippen molar-refractivity contribution in [3.8, 4) is 0 Å². The fourth-order valence-corrected chi connectivity index (χ4v) is 3.90. The molecule has 0 fully saturated rings. The van der Waals surface area contributed by atoms with Gasteiger partial charge in [0.25, 0.3) is 0 Å². The van der Waals surface area contributed by atoms with Crippen LogP contribution in [0, 0.1) is 0 Å². The third-order valence-electron chi connectivity index (χ3n) is 4.22. The molecule has 0 saturated heterocycles. The molecule has 116 valence electrons. The lowest BCUT2D eigenvalue weighted by Gasteiger charge is -2.19. The summed E-state index contributed by atoms with van der Waals surface area (Å²) in [7, 11) is 0. The van der Waals surface area contributed by atoms with E-state index in [2.05, 4.69) is 11.4 Å². The number of nitrogens with zero attached hydrogens (tertiary/aromatic N) is 1. The molecule has 5 heteroatoms. The summed E-state index contributed by atoms with van der Waals surface area (Å²) in [6.07, 6.45) is 1.26. The summed E-state index contributed by atoms with van der Waals surface area (Å²) in [5.41, 5.74) is 4.01. The van der Waals surface area contributed by atoms with Crippen LogP contribution < -0.4 is 10.2 Å². The predicted molar refractivity (Wildman–Crippen MR) is 92.0 cm³/mol. The van der Waals surface area contributed by atoms with Crippen molar-refractivity contribution in [1.29, 1.82) is 0 Å². The largest absolute Gasteiger partial charge is 0.324 e. The average Bonchev–Trinajstić information content (AvgIpc) is 2.98. The molecule has 0 saturated carbocycles. The van der Waals surface area contributed by atoms with Crippen LogP contribution in [-0.4, -0.2) is 24.1 Å². The van der Waals surface area contributed by atoms with Crippen LogP contribution in [-0.2, 0) is 22.4 Å². The summed E-state index contributed by atoms with van der Waals surface area (Å²) >= 11 is 1.53. The first kappa shape index (κ1) is 14.3. The van der Waals surface area contributed by atoms with Crippen molar-refractivity contribution in [3.63, 3.8) is 0 Å². The Morgan fingerprint density at radius 1 is 1.22 bits per heavy atom. The van der Waals surface area contributed by atoms with Gasteiger partial charge in [0.15, 0.2) is 0 Å². The molecule has 0 bridgehead atoms. The van der Waals surface area contributed by atoms with Gasteiger partial charge in [0.2, 0.25) is 11.8 Å². The van der Waals surface area contributed by atoms with E-state index in [1.54, 1.807) is 0 Å². The number of hydrogen-bond acceptors (Lipinski definition) is 3. The number of fused-ring (bicyclic) bond motifs is 2. The number of rotatable bonds is 2. The lowest BCUT2D eigenvalue weighted by Crippen LogP contribution is -2.30. The average molecular weight is 324 g/mol. The Labute approximate surface area is 138 Å². The van der Waals surface area contributed by atoms with Crippen molar-refractivity contribution in [3.05, 3.63) is 53.6 Å². The number of hydrogen-bond donors (Lipinski definition) is 1. The van der Waals surface area contributed by atoms with Gasteiger partial charge in [0, 0.05) is 17.1 Å². The molecule has 0 spiro atoms. The van der Waals surface area contributed by atoms with E-state index < -0.39 is 0 Å². The molecule has 0 unspecified atom stereocenters. The summed E-state index contributed by atoms with van der Waals surface area (Å²) in [6, 6.07) is 13.9. The van der Waals surface area contributed by atoms with E-state index in [0.717, 1.165) is 34.8 Å². The number of carbonyl (C=O) groups excluding carboxylic acids is 2. The zero-order valence-corrected chi connectivity index (χ0v) is 13.4. The second-order valence-electron chi connectivity index (χ2n) is 5.77. The van der Waals surface area contributed by atoms with Crippen LogP contribution in [0.3, 0.4) is 0 Å². The fraction of sp³-hybridized carbons (Fsp3) is 0.222. The van der Waals surface area contributed by atoms with Gasteiger partial charge in [0.05, 0.1) is 17.9 Å². The molecule has 2 aliphatic rings. The minimum atomic E-state index is 0.0134. The van der Waals surface area contributed by atoms with Crippen molar-refractivity contribution in [2.75, 3.05) is 22.5 Å². The standard InChI is InChI=1S/C18H16N2O2S/c21-17-11-23-16-6-5-12(9-14(16)19-17)10-18(22)20-8-7-13-3-1-2-4-15(13)20/h1-6,9H,7-8,10-11H2,(H,19,21). The van der Waals surface area contributed by atoms with Gasteiger partial charge in [-0.05, 0) is 35.7 Å². The number of para-hydroxylation sites is 1. The molecular weight excluding hydrogens is 308 g/mol. The van der Waals surface area contributed by atoms with Gasteiger partial charge in [-0.1, -0.05) is 24.3 Å². The van der Waals surface area contributed by atoms with Crippen molar-refractivity contribution in [1.82, 2.24) is 0 Å². The first-order valence-corrected chi connectivity index (χ1v) is 8.63. The van der Waals surface area contributed by atoms with Crippen LogP contribution in [0.5, 0.6) is 0 Å². The van der Waals surface area contributed by atoms with Crippen molar-refractivity contribution >= 4 is 35.0 Å². The van der Waals surface area contributed by atoms with Gasteiger partial charge in [-0.25, -0.2) is 0 Å². The number of nitrogens with one attached hydrogen (secondary N) is 1. The molecule has 2 amide bonds. The SMILES string of the molecule is O=C1CSc2ccc(CC(=O)N3CCc4ccccc43)cc2N1. The highest BCUT2D eigenvalue weighted by Gasteiger charge is 2.24. The summed E-state index contributed by atoms with van der Waals surface area (Å²) in [5.74, 6) is 0.569. The summed E-state index contributed by atoms with van der Waals surface area (Å²) in [5, 5.41) is 2.87. The molecule has 0 radical (unpaired) electrons. The van der Waals surface area contributed by atoms with E-state index in [0.29, 0.717) is 12.2 Å². The highest BCUT2D eigenvalue weighted by Crippen LogP contribution is 2.33. The fourth-order valence-electron chi connectivity index (χ4n) is 3.11. The number of amides is 2. The monoisotopic (exact) mass is 324 g/mol.